The molecule has 0 N–H and O–H groups in total. The Hall–Kier alpha value is -1.43. The molecule has 0 bridgehead atoms. The van der Waals surface area contributed by atoms with E-state index in [9.17, 15) is 18.4 Å². The predicted molar refractivity (Wildman–Crippen MR) is 65.4 cm³/mol. The Balaban J connectivity index is 2.24. The first-order chi connectivity index (χ1) is 8.49. The Morgan fingerprint density at radius 3 is 2.56 bits per heavy atom. The van der Waals surface area contributed by atoms with Crippen molar-refractivity contribution >= 4 is 28.5 Å². The van der Waals surface area contributed by atoms with Crippen molar-refractivity contribution in [1.82, 2.24) is 0 Å². The molecule has 1 atom stereocenters. The number of thioether (sulfide) groups is 1. The van der Waals surface area contributed by atoms with Crippen molar-refractivity contribution in [1.29, 1.82) is 0 Å². The topological polar surface area (TPSA) is 37.4 Å². The van der Waals surface area contributed by atoms with Gasteiger partial charge in [0.05, 0.1) is 0 Å². The molecule has 1 aliphatic heterocycles. The number of rotatable bonds is 2. The SMILES string of the molecule is CC(=O)SC1CC(=O)N(c2c(F)cccc2F)C1. The number of para-hydroxylation sites is 1. The van der Waals surface area contributed by atoms with Crippen molar-refractivity contribution < 1.29 is 18.4 Å². The third-order valence-corrected chi connectivity index (χ3v) is 3.61. The fraction of sp³-hybridized carbons (Fsp3) is 0.333. The standard InChI is InChI=1S/C12H11F2NO2S/c1-7(16)18-8-5-11(17)15(6-8)12-9(13)3-2-4-10(12)14/h2-4,8H,5-6H2,1H3. The van der Waals surface area contributed by atoms with Gasteiger partial charge < -0.3 is 4.90 Å². The number of benzene rings is 1. The Bertz CT molecular complexity index is 487. The molecule has 0 spiro atoms. The Morgan fingerprint density at radius 2 is 2.00 bits per heavy atom. The number of anilines is 1. The van der Waals surface area contributed by atoms with Gasteiger partial charge in [-0.2, -0.15) is 0 Å². The number of amides is 1. The summed E-state index contributed by atoms with van der Waals surface area (Å²) in [6, 6.07) is 3.46. The summed E-state index contributed by atoms with van der Waals surface area (Å²) in [6.45, 7) is 1.56. The smallest absolute Gasteiger partial charge is 0.228 e. The highest BCUT2D eigenvalue weighted by Crippen LogP contribution is 2.31. The van der Waals surface area contributed by atoms with Crippen molar-refractivity contribution in [3.8, 4) is 0 Å². The second-order valence-corrected chi connectivity index (χ2v) is 5.49. The summed E-state index contributed by atoms with van der Waals surface area (Å²) >= 11 is 1.03. The Morgan fingerprint density at radius 1 is 1.39 bits per heavy atom. The summed E-state index contributed by atoms with van der Waals surface area (Å²) in [5.74, 6) is -1.90. The quantitative estimate of drug-likeness (QED) is 0.828. The maximum atomic E-state index is 13.6. The number of hydrogen-bond donors (Lipinski definition) is 0. The largest absolute Gasteiger partial charge is 0.306 e. The molecular weight excluding hydrogens is 260 g/mol. The van der Waals surface area contributed by atoms with Crippen LogP contribution in [0.5, 0.6) is 0 Å². The maximum Gasteiger partial charge on any atom is 0.228 e. The van der Waals surface area contributed by atoms with Gasteiger partial charge in [-0.25, -0.2) is 8.78 Å². The van der Waals surface area contributed by atoms with Crippen LogP contribution in [0.1, 0.15) is 13.3 Å². The lowest BCUT2D eigenvalue weighted by atomic mass is 10.2. The van der Waals surface area contributed by atoms with Gasteiger partial charge in [-0.1, -0.05) is 17.8 Å². The number of nitrogens with zero attached hydrogens (tertiary/aromatic N) is 1. The summed E-state index contributed by atoms with van der Waals surface area (Å²) in [5, 5.41) is -0.349. The van der Waals surface area contributed by atoms with Crippen molar-refractivity contribution in [3.05, 3.63) is 29.8 Å². The summed E-state index contributed by atoms with van der Waals surface area (Å²) in [6.07, 6.45) is 0.123. The lowest BCUT2D eigenvalue weighted by Gasteiger charge is -2.17. The first kappa shape index (κ1) is 13.0. The van der Waals surface area contributed by atoms with Crippen LogP contribution >= 0.6 is 11.8 Å². The zero-order valence-corrected chi connectivity index (χ0v) is 10.5. The molecule has 0 saturated carbocycles. The van der Waals surface area contributed by atoms with E-state index in [0.29, 0.717) is 0 Å². The second-order valence-electron chi connectivity index (χ2n) is 4.01. The summed E-state index contributed by atoms with van der Waals surface area (Å²) < 4.78 is 27.1. The van der Waals surface area contributed by atoms with Crippen LogP contribution in [0.3, 0.4) is 0 Å². The molecule has 3 nitrogen and oxygen atoms in total. The lowest BCUT2D eigenvalue weighted by molar-refractivity contribution is -0.117. The molecule has 1 aliphatic rings. The third-order valence-electron chi connectivity index (χ3n) is 2.63. The Kier molecular flexibility index (Phi) is 3.65. The van der Waals surface area contributed by atoms with Crippen molar-refractivity contribution in [3.63, 3.8) is 0 Å². The van der Waals surface area contributed by atoms with Gasteiger partial charge in [-0.15, -0.1) is 0 Å². The lowest BCUT2D eigenvalue weighted by Crippen LogP contribution is -2.27. The van der Waals surface area contributed by atoms with Crippen molar-refractivity contribution in [2.45, 2.75) is 18.6 Å². The van der Waals surface area contributed by atoms with E-state index in [-0.39, 0.29) is 34.9 Å². The van der Waals surface area contributed by atoms with Crippen LogP contribution in [0.15, 0.2) is 18.2 Å². The average molecular weight is 271 g/mol. The zero-order valence-electron chi connectivity index (χ0n) is 9.65. The van der Waals surface area contributed by atoms with Gasteiger partial charge in [0.1, 0.15) is 17.3 Å². The summed E-state index contributed by atoms with van der Waals surface area (Å²) in [5.41, 5.74) is -0.325. The van der Waals surface area contributed by atoms with E-state index in [4.69, 9.17) is 0 Å². The predicted octanol–water partition coefficient (Wildman–Crippen LogP) is 2.35. The molecule has 1 unspecified atom stereocenters. The van der Waals surface area contributed by atoms with Crippen LogP contribution in [0.2, 0.25) is 0 Å². The molecule has 1 heterocycles. The molecule has 6 heteroatoms. The minimum atomic E-state index is -0.767. The molecule has 96 valence electrons. The van der Waals surface area contributed by atoms with Gasteiger partial charge in [-0.3, -0.25) is 9.59 Å². The van der Waals surface area contributed by atoms with E-state index in [1.807, 2.05) is 0 Å². The molecule has 1 fully saturated rings. The molecule has 1 aromatic carbocycles. The van der Waals surface area contributed by atoms with E-state index in [2.05, 4.69) is 0 Å². The molecule has 18 heavy (non-hydrogen) atoms. The second kappa shape index (κ2) is 5.06. The summed E-state index contributed by atoms with van der Waals surface area (Å²) in [7, 11) is 0. The van der Waals surface area contributed by atoms with Gasteiger partial charge in [-0.05, 0) is 12.1 Å². The van der Waals surface area contributed by atoms with Crippen LogP contribution in [0, 0.1) is 11.6 Å². The highest BCUT2D eigenvalue weighted by Gasteiger charge is 2.34. The fourth-order valence-corrected chi connectivity index (χ4v) is 2.87. The fourth-order valence-electron chi connectivity index (χ4n) is 1.95. The van der Waals surface area contributed by atoms with Crippen LogP contribution in [0.4, 0.5) is 14.5 Å². The summed E-state index contributed by atoms with van der Waals surface area (Å²) in [4.78, 5) is 23.8. The minimum absolute atomic E-state index is 0.108. The van der Waals surface area contributed by atoms with Gasteiger partial charge in [0.25, 0.3) is 0 Å². The van der Waals surface area contributed by atoms with Gasteiger partial charge in [0.2, 0.25) is 5.91 Å². The monoisotopic (exact) mass is 271 g/mol. The minimum Gasteiger partial charge on any atom is -0.306 e. The molecule has 1 saturated heterocycles. The Labute approximate surface area is 107 Å². The highest BCUT2D eigenvalue weighted by atomic mass is 32.2. The van der Waals surface area contributed by atoms with Crippen LogP contribution < -0.4 is 4.90 Å². The van der Waals surface area contributed by atoms with Crippen LogP contribution in [-0.4, -0.2) is 22.8 Å². The van der Waals surface area contributed by atoms with E-state index in [0.717, 1.165) is 28.8 Å². The van der Waals surface area contributed by atoms with Crippen molar-refractivity contribution in [2.75, 3.05) is 11.4 Å². The molecule has 0 radical (unpaired) electrons. The molecule has 2 rings (SSSR count). The first-order valence-electron chi connectivity index (χ1n) is 5.40. The van der Waals surface area contributed by atoms with Gasteiger partial charge in [0, 0.05) is 25.1 Å². The molecule has 0 aromatic heterocycles. The maximum absolute atomic E-state index is 13.6. The van der Waals surface area contributed by atoms with Gasteiger partial charge in [0.15, 0.2) is 5.12 Å². The van der Waals surface area contributed by atoms with E-state index >= 15 is 0 Å². The first-order valence-corrected chi connectivity index (χ1v) is 6.28. The van der Waals surface area contributed by atoms with E-state index < -0.39 is 11.6 Å². The van der Waals surface area contributed by atoms with Gasteiger partial charge >= 0.3 is 0 Å². The number of carbonyl (C=O) groups is 2. The third kappa shape index (κ3) is 2.53. The van der Waals surface area contributed by atoms with Crippen molar-refractivity contribution in [2.24, 2.45) is 0 Å². The highest BCUT2D eigenvalue weighted by molar-refractivity contribution is 8.14. The number of hydrogen-bond acceptors (Lipinski definition) is 3. The molecule has 0 aliphatic carbocycles. The number of carbonyl (C=O) groups excluding carboxylic acids is 2. The zero-order chi connectivity index (χ0) is 13.3. The van der Waals surface area contributed by atoms with Crippen LogP contribution in [0.25, 0.3) is 0 Å². The average Bonchev–Trinajstić information content (AvgIpc) is 2.58. The number of halogens is 2. The normalized spacial score (nSPS) is 19.4. The molecule has 1 aromatic rings. The molecule has 1 amide bonds. The van der Waals surface area contributed by atoms with E-state index in [1.165, 1.54) is 13.0 Å². The van der Waals surface area contributed by atoms with Crippen LogP contribution in [-0.2, 0) is 9.59 Å². The molecular formula is C12H11F2NO2S. The van der Waals surface area contributed by atoms with E-state index in [1.54, 1.807) is 0 Å².